The van der Waals surface area contributed by atoms with Gasteiger partial charge in [0.2, 0.25) is 0 Å². The second kappa shape index (κ2) is 4.48. The van der Waals surface area contributed by atoms with Crippen LogP contribution in [0.3, 0.4) is 0 Å². The standard InChI is InChI=1S/C13H14ClNS/c1-8-9(2)16-13(15)12(8)7-10-3-5-11(14)6-4-10/h3-6H,7,15H2,1-2H3. The number of anilines is 1. The summed E-state index contributed by atoms with van der Waals surface area (Å²) < 4.78 is 0. The van der Waals surface area contributed by atoms with Crippen LogP contribution >= 0.6 is 22.9 Å². The normalized spacial score (nSPS) is 10.7. The van der Waals surface area contributed by atoms with Gasteiger partial charge in [-0.1, -0.05) is 23.7 Å². The van der Waals surface area contributed by atoms with E-state index in [1.807, 2.05) is 24.3 Å². The molecule has 3 heteroatoms. The fourth-order valence-electron chi connectivity index (χ4n) is 1.73. The molecular weight excluding hydrogens is 238 g/mol. The van der Waals surface area contributed by atoms with Crippen molar-refractivity contribution in [1.29, 1.82) is 0 Å². The molecule has 2 aromatic rings. The summed E-state index contributed by atoms with van der Waals surface area (Å²) in [7, 11) is 0. The number of benzene rings is 1. The Bertz CT molecular complexity index is 499. The third-order valence-electron chi connectivity index (χ3n) is 2.84. The Balaban J connectivity index is 2.30. The minimum atomic E-state index is 0.773. The molecule has 84 valence electrons. The molecule has 0 amide bonds. The molecule has 1 aromatic carbocycles. The van der Waals surface area contributed by atoms with E-state index in [-0.39, 0.29) is 0 Å². The summed E-state index contributed by atoms with van der Waals surface area (Å²) in [5.74, 6) is 0. The Morgan fingerprint density at radius 2 is 1.81 bits per heavy atom. The average molecular weight is 252 g/mol. The lowest BCUT2D eigenvalue weighted by Gasteiger charge is -2.03. The second-order valence-electron chi connectivity index (χ2n) is 3.93. The first kappa shape index (κ1) is 11.5. The van der Waals surface area contributed by atoms with Crippen molar-refractivity contribution in [2.24, 2.45) is 0 Å². The topological polar surface area (TPSA) is 26.0 Å². The van der Waals surface area contributed by atoms with Gasteiger partial charge in [-0.15, -0.1) is 11.3 Å². The Kier molecular flexibility index (Phi) is 3.22. The van der Waals surface area contributed by atoms with Gasteiger partial charge in [-0.25, -0.2) is 0 Å². The molecule has 16 heavy (non-hydrogen) atoms. The number of hydrogen-bond donors (Lipinski definition) is 1. The van der Waals surface area contributed by atoms with Gasteiger partial charge < -0.3 is 5.73 Å². The first-order valence-corrected chi connectivity index (χ1v) is 6.36. The molecule has 0 aliphatic carbocycles. The average Bonchev–Trinajstić information content (AvgIpc) is 2.48. The van der Waals surface area contributed by atoms with E-state index in [4.69, 9.17) is 17.3 Å². The van der Waals surface area contributed by atoms with E-state index in [1.165, 1.54) is 21.6 Å². The van der Waals surface area contributed by atoms with E-state index in [2.05, 4.69) is 13.8 Å². The van der Waals surface area contributed by atoms with E-state index in [1.54, 1.807) is 11.3 Å². The Morgan fingerprint density at radius 3 is 2.31 bits per heavy atom. The minimum absolute atomic E-state index is 0.773. The number of thiophene rings is 1. The molecule has 0 fully saturated rings. The van der Waals surface area contributed by atoms with E-state index in [0.717, 1.165) is 16.4 Å². The Morgan fingerprint density at radius 1 is 1.19 bits per heavy atom. The van der Waals surface area contributed by atoms with Crippen molar-refractivity contribution in [3.05, 3.63) is 50.9 Å². The molecule has 1 nitrogen and oxygen atoms in total. The molecule has 0 spiro atoms. The number of aryl methyl sites for hydroxylation is 1. The van der Waals surface area contributed by atoms with Crippen molar-refractivity contribution in [3.8, 4) is 0 Å². The molecule has 1 heterocycles. The van der Waals surface area contributed by atoms with Crippen molar-refractivity contribution < 1.29 is 0 Å². The number of hydrogen-bond acceptors (Lipinski definition) is 2. The summed E-state index contributed by atoms with van der Waals surface area (Å²) in [4.78, 5) is 1.31. The van der Waals surface area contributed by atoms with Crippen LogP contribution in [0.2, 0.25) is 5.02 Å². The molecule has 0 aliphatic rings. The van der Waals surface area contributed by atoms with Gasteiger partial charge in [0, 0.05) is 16.3 Å². The highest BCUT2D eigenvalue weighted by atomic mass is 35.5. The van der Waals surface area contributed by atoms with Crippen LogP contribution in [0.1, 0.15) is 21.6 Å². The summed E-state index contributed by atoms with van der Waals surface area (Å²) in [6.07, 6.45) is 0.888. The van der Waals surface area contributed by atoms with Crippen LogP contribution in [-0.4, -0.2) is 0 Å². The van der Waals surface area contributed by atoms with Crippen LogP contribution < -0.4 is 5.73 Å². The zero-order valence-corrected chi connectivity index (χ0v) is 11.0. The third kappa shape index (κ3) is 2.23. The van der Waals surface area contributed by atoms with E-state index < -0.39 is 0 Å². The highest BCUT2D eigenvalue weighted by molar-refractivity contribution is 7.16. The predicted octanol–water partition coefficient (Wildman–Crippen LogP) is 4.19. The van der Waals surface area contributed by atoms with E-state index in [9.17, 15) is 0 Å². The second-order valence-corrected chi connectivity index (χ2v) is 5.62. The van der Waals surface area contributed by atoms with Crippen LogP contribution in [0.5, 0.6) is 0 Å². The van der Waals surface area contributed by atoms with Crippen molar-refractivity contribution >= 4 is 27.9 Å². The predicted molar refractivity (Wildman–Crippen MR) is 72.5 cm³/mol. The molecule has 0 aliphatic heterocycles. The lowest BCUT2D eigenvalue weighted by atomic mass is 10.0. The third-order valence-corrected chi connectivity index (χ3v) is 4.17. The maximum atomic E-state index is 6.01. The van der Waals surface area contributed by atoms with Crippen molar-refractivity contribution in [2.45, 2.75) is 20.3 Å². The highest BCUT2D eigenvalue weighted by Gasteiger charge is 2.10. The fraction of sp³-hybridized carbons (Fsp3) is 0.231. The molecule has 1 aromatic heterocycles. The van der Waals surface area contributed by atoms with Gasteiger partial charge in [-0.2, -0.15) is 0 Å². The number of nitrogen functional groups attached to an aromatic ring is 1. The first-order chi connectivity index (χ1) is 7.58. The van der Waals surface area contributed by atoms with Crippen LogP contribution in [0.25, 0.3) is 0 Å². The maximum absolute atomic E-state index is 6.01. The van der Waals surface area contributed by atoms with Gasteiger partial charge in [0.1, 0.15) is 0 Å². The largest absolute Gasteiger partial charge is 0.390 e. The van der Waals surface area contributed by atoms with Crippen molar-refractivity contribution in [1.82, 2.24) is 0 Å². The molecule has 2 rings (SSSR count). The fourth-order valence-corrected chi connectivity index (χ4v) is 2.81. The number of nitrogens with two attached hydrogens (primary N) is 1. The molecule has 0 unspecified atom stereocenters. The van der Waals surface area contributed by atoms with Crippen LogP contribution in [0.15, 0.2) is 24.3 Å². The molecule has 0 saturated carbocycles. The summed E-state index contributed by atoms with van der Waals surface area (Å²) >= 11 is 7.53. The van der Waals surface area contributed by atoms with Gasteiger partial charge in [-0.05, 0) is 42.7 Å². The summed E-state index contributed by atoms with van der Waals surface area (Å²) in [5, 5.41) is 1.71. The molecule has 0 saturated heterocycles. The van der Waals surface area contributed by atoms with Crippen molar-refractivity contribution in [3.63, 3.8) is 0 Å². The summed E-state index contributed by atoms with van der Waals surface area (Å²) in [6, 6.07) is 7.94. The molecule has 0 atom stereocenters. The Labute approximate surface area is 105 Å². The van der Waals surface area contributed by atoms with E-state index >= 15 is 0 Å². The number of rotatable bonds is 2. The smallest absolute Gasteiger partial charge is 0.0897 e. The SMILES string of the molecule is Cc1sc(N)c(Cc2ccc(Cl)cc2)c1C. The van der Waals surface area contributed by atoms with E-state index in [0.29, 0.717) is 0 Å². The van der Waals surface area contributed by atoms with Crippen LogP contribution in [-0.2, 0) is 6.42 Å². The zero-order valence-electron chi connectivity index (χ0n) is 9.38. The minimum Gasteiger partial charge on any atom is -0.390 e. The maximum Gasteiger partial charge on any atom is 0.0897 e. The highest BCUT2D eigenvalue weighted by Crippen LogP contribution is 2.31. The number of halogens is 1. The summed E-state index contributed by atoms with van der Waals surface area (Å²) in [5.41, 5.74) is 9.83. The molecular formula is C13H14ClNS. The lowest BCUT2D eigenvalue weighted by molar-refractivity contribution is 1.17. The molecule has 0 radical (unpaired) electrons. The van der Waals surface area contributed by atoms with Crippen LogP contribution in [0.4, 0.5) is 5.00 Å². The van der Waals surface area contributed by atoms with Gasteiger partial charge in [-0.3, -0.25) is 0 Å². The molecule has 0 bridgehead atoms. The van der Waals surface area contributed by atoms with Gasteiger partial charge in [0.05, 0.1) is 5.00 Å². The Hall–Kier alpha value is -0.990. The van der Waals surface area contributed by atoms with Gasteiger partial charge >= 0.3 is 0 Å². The quantitative estimate of drug-likeness (QED) is 0.851. The zero-order chi connectivity index (χ0) is 11.7. The van der Waals surface area contributed by atoms with Crippen molar-refractivity contribution in [2.75, 3.05) is 5.73 Å². The van der Waals surface area contributed by atoms with Crippen LogP contribution in [0, 0.1) is 13.8 Å². The van der Waals surface area contributed by atoms with Gasteiger partial charge in [0.25, 0.3) is 0 Å². The summed E-state index contributed by atoms with van der Waals surface area (Å²) in [6.45, 7) is 4.25. The monoisotopic (exact) mass is 251 g/mol. The molecule has 2 N–H and O–H groups in total. The van der Waals surface area contributed by atoms with Gasteiger partial charge in [0.15, 0.2) is 0 Å². The first-order valence-electron chi connectivity index (χ1n) is 5.16. The lowest BCUT2D eigenvalue weighted by Crippen LogP contribution is -1.93.